The van der Waals surface area contributed by atoms with Crippen LogP contribution in [-0.4, -0.2) is 16.5 Å². The van der Waals surface area contributed by atoms with Crippen molar-refractivity contribution in [3.63, 3.8) is 0 Å². The second-order valence-electron chi connectivity index (χ2n) is 4.92. The van der Waals surface area contributed by atoms with Gasteiger partial charge in [0.05, 0.1) is 19.3 Å². The van der Waals surface area contributed by atoms with Crippen LogP contribution in [0.1, 0.15) is 16.8 Å². The Kier molecular flexibility index (Phi) is 3.91. The molecule has 110 valence electrons. The molecule has 2 aromatic heterocycles. The van der Waals surface area contributed by atoms with Gasteiger partial charge < -0.3 is 10.1 Å². The van der Waals surface area contributed by atoms with Crippen molar-refractivity contribution < 1.29 is 4.74 Å². The SMILES string of the molecule is COc1nc2sccn2c1CNc1c(C)cc(C)cc1Br. The molecule has 0 saturated heterocycles. The summed E-state index contributed by atoms with van der Waals surface area (Å²) in [7, 11) is 1.66. The summed E-state index contributed by atoms with van der Waals surface area (Å²) in [5.74, 6) is 0.676. The summed E-state index contributed by atoms with van der Waals surface area (Å²) in [4.78, 5) is 5.42. The number of fused-ring (bicyclic) bond motifs is 1. The van der Waals surface area contributed by atoms with E-state index in [4.69, 9.17) is 4.74 Å². The number of halogens is 1. The first-order valence-corrected chi connectivity index (χ1v) is 8.26. The van der Waals surface area contributed by atoms with Crippen molar-refractivity contribution in [2.45, 2.75) is 20.4 Å². The number of hydrogen-bond donors (Lipinski definition) is 1. The molecule has 0 atom stereocenters. The highest BCUT2D eigenvalue weighted by molar-refractivity contribution is 9.10. The number of nitrogens with zero attached hydrogens (tertiary/aromatic N) is 2. The summed E-state index contributed by atoms with van der Waals surface area (Å²) in [6.07, 6.45) is 2.02. The minimum atomic E-state index is 0.656. The van der Waals surface area contributed by atoms with Gasteiger partial charge in [0.1, 0.15) is 5.69 Å². The van der Waals surface area contributed by atoms with Crippen LogP contribution < -0.4 is 10.1 Å². The normalized spacial score (nSPS) is 11.0. The molecule has 0 unspecified atom stereocenters. The molecule has 3 aromatic rings. The van der Waals surface area contributed by atoms with E-state index >= 15 is 0 Å². The standard InChI is InChI=1S/C15H16BrN3OS/c1-9-6-10(2)13(11(16)7-9)17-8-12-14(20-3)18-15-19(12)4-5-21-15/h4-7,17H,8H2,1-3H3. The Morgan fingerprint density at radius 2 is 2.19 bits per heavy atom. The molecule has 0 aliphatic carbocycles. The third-order valence-corrected chi connectivity index (χ3v) is 4.76. The zero-order valence-electron chi connectivity index (χ0n) is 12.1. The second kappa shape index (κ2) is 5.69. The van der Waals surface area contributed by atoms with Crippen LogP contribution in [0.25, 0.3) is 4.96 Å². The Morgan fingerprint density at radius 1 is 1.38 bits per heavy atom. The van der Waals surface area contributed by atoms with Crippen molar-refractivity contribution in [2.24, 2.45) is 0 Å². The van der Waals surface area contributed by atoms with Gasteiger partial charge in [0.2, 0.25) is 5.88 Å². The Hall–Kier alpha value is -1.53. The number of ether oxygens (including phenoxy) is 1. The molecule has 1 N–H and O–H groups in total. The summed E-state index contributed by atoms with van der Waals surface area (Å²) in [5, 5.41) is 5.51. The van der Waals surface area contributed by atoms with E-state index < -0.39 is 0 Å². The number of nitrogens with one attached hydrogen (secondary N) is 1. The molecule has 2 heterocycles. The van der Waals surface area contributed by atoms with Gasteiger partial charge in [-0.3, -0.25) is 4.40 Å². The van der Waals surface area contributed by atoms with Gasteiger partial charge >= 0.3 is 0 Å². The fourth-order valence-electron chi connectivity index (χ4n) is 2.45. The first kappa shape index (κ1) is 14.4. The third-order valence-electron chi connectivity index (χ3n) is 3.38. The number of methoxy groups -OCH3 is 1. The lowest BCUT2D eigenvalue weighted by molar-refractivity contribution is 0.395. The number of aryl methyl sites for hydroxylation is 2. The van der Waals surface area contributed by atoms with E-state index in [1.165, 1.54) is 11.1 Å². The molecule has 21 heavy (non-hydrogen) atoms. The lowest BCUT2D eigenvalue weighted by atomic mass is 10.1. The van der Waals surface area contributed by atoms with Crippen LogP contribution in [0.5, 0.6) is 5.88 Å². The van der Waals surface area contributed by atoms with Crippen molar-refractivity contribution in [3.8, 4) is 5.88 Å². The van der Waals surface area contributed by atoms with Crippen molar-refractivity contribution >= 4 is 37.9 Å². The number of hydrogen-bond acceptors (Lipinski definition) is 4. The predicted octanol–water partition coefficient (Wildman–Crippen LogP) is 4.40. The van der Waals surface area contributed by atoms with Crippen LogP contribution in [0.4, 0.5) is 5.69 Å². The van der Waals surface area contributed by atoms with Gasteiger partial charge in [0.25, 0.3) is 0 Å². The number of benzene rings is 1. The molecule has 0 amide bonds. The van der Waals surface area contributed by atoms with E-state index in [9.17, 15) is 0 Å². The fraction of sp³-hybridized carbons (Fsp3) is 0.267. The van der Waals surface area contributed by atoms with Crippen LogP contribution in [-0.2, 0) is 6.54 Å². The average Bonchev–Trinajstić information content (AvgIpc) is 2.98. The maximum Gasteiger partial charge on any atom is 0.238 e. The van der Waals surface area contributed by atoms with Gasteiger partial charge in [-0.05, 0) is 47.0 Å². The van der Waals surface area contributed by atoms with Crippen molar-refractivity contribution in [1.29, 1.82) is 0 Å². The van der Waals surface area contributed by atoms with Crippen LogP contribution >= 0.6 is 27.3 Å². The molecule has 6 heteroatoms. The van der Waals surface area contributed by atoms with Crippen LogP contribution in [0.3, 0.4) is 0 Å². The van der Waals surface area contributed by atoms with Crippen molar-refractivity contribution in [2.75, 3.05) is 12.4 Å². The highest BCUT2D eigenvalue weighted by Crippen LogP contribution is 2.30. The minimum absolute atomic E-state index is 0.656. The van der Waals surface area contributed by atoms with Crippen molar-refractivity contribution in [1.82, 2.24) is 9.38 Å². The molecule has 0 aliphatic rings. The Balaban J connectivity index is 1.91. The maximum atomic E-state index is 5.38. The average molecular weight is 366 g/mol. The first-order chi connectivity index (χ1) is 10.1. The smallest absolute Gasteiger partial charge is 0.238 e. The first-order valence-electron chi connectivity index (χ1n) is 6.59. The van der Waals surface area contributed by atoms with Gasteiger partial charge in [-0.1, -0.05) is 6.07 Å². The monoisotopic (exact) mass is 365 g/mol. The van der Waals surface area contributed by atoms with Gasteiger partial charge in [0.15, 0.2) is 4.96 Å². The fourth-order valence-corrected chi connectivity index (χ4v) is 3.99. The maximum absolute atomic E-state index is 5.38. The lowest BCUT2D eigenvalue weighted by Crippen LogP contribution is -2.05. The summed E-state index contributed by atoms with van der Waals surface area (Å²) < 4.78 is 8.52. The van der Waals surface area contributed by atoms with E-state index in [1.807, 2.05) is 11.6 Å². The Morgan fingerprint density at radius 3 is 2.90 bits per heavy atom. The Labute approximate surface area is 135 Å². The van der Waals surface area contributed by atoms with E-state index in [0.29, 0.717) is 12.4 Å². The molecule has 1 aromatic carbocycles. The second-order valence-corrected chi connectivity index (χ2v) is 6.64. The number of anilines is 1. The largest absolute Gasteiger partial charge is 0.480 e. The highest BCUT2D eigenvalue weighted by Gasteiger charge is 2.14. The molecule has 0 bridgehead atoms. The molecule has 0 fully saturated rings. The van der Waals surface area contributed by atoms with E-state index in [1.54, 1.807) is 18.4 Å². The Bertz CT molecular complexity index is 770. The lowest BCUT2D eigenvalue weighted by Gasteiger charge is -2.13. The number of thiazole rings is 1. The van der Waals surface area contributed by atoms with Crippen LogP contribution in [0, 0.1) is 13.8 Å². The summed E-state index contributed by atoms with van der Waals surface area (Å²) >= 11 is 5.23. The predicted molar refractivity (Wildman–Crippen MR) is 90.6 cm³/mol. The summed E-state index contributed by atoms with van der Waals surface area (Å²) in [6, 6.07) is 4.28. The molecular weight excluding hydrogens is 350 g/mol. The number of imidazole rings is 1. The highest BCUT2D eigenvalue weighted by atomic mass is 79.9. The third kappa shape index (κ3) is 2.65. The van der Waals surface area contributed by atoms with Crippen molar-refractivity contribution in [3.05, 3.63) is 45.0 Å². The molecule has 4 nitrogen and oxygen atoms in total. The number of aromatic nitrogens is 2. The van der Waals surface area contributed by atoms with E-state index in [2.05, 4.69) is 56.6 Å². The van der Waals surface area contributed by atoms with E-state index in [-0.39, 0.29) is 0 Å². The quantitative estimate of drug-likeness (QED) is 0.744. The summed E-state index contributed by atoms with van der Waals surface area (Å²) in [5.41, 5.74) is 4.59. The molecule has 0 aliphatic heterocycles. The molecular formula is C15H16BrN3OS. The topological polar surface area (TPSA) is 38.6 Å². The molecule has 0 spiro atoms. The zero-order chi connectivity index (χ0) is 15.0. The van der Waals surface area contributed by atoms with Crippen LogP contribution in [0.2, 0.25) is 0 Å². The van der Waals surface area contributed by atoms with Gasteiger partial charge in [0, 0.05) is 16.0 Å². The van der Waals surface area contributed by atoms with E-state index in [0.717, 1.165) is 20.8 Å². The van der Waals surface area contributed by atoms with Gasteiger partial charge in [-0.15, -0.1) is 11.3 Å². The molecule has 0 radical (unpaired) electrons. The molecule has 0 saturated carbocycles. The van der Waals surface area contributed by atoms with Crippen LogP contribution in [0.15, 0.2) is 28.2 Å². The summed E-state index contributed by atoms with van der Waals surface area (Å²) in [6.45, 7) is 4.86. The zero-order valence-corrected chi connectivity index (χ0v) is 14.5. The number of rotatable bonds is 4. The van der Waals surface area contributed by atoms with Gasteiger partial charge in [-0.2, -0.15) is 4.98 Å². The minimum Gasteiger partial charge on any atom is -0.480 e. The molecule has 3 rings (SSSR count). The van der Waals surface area contributed by atoms with Gasteiger partial charge in [-0.25, -0.2) is 0 Å².